The number of hydrogen-bond acceptors (Lipinski definition) is 3. The number of aliphatic hydroxyl groups is 1. The number of nitrogens with zero attached hydrogens (tertiary/aromatic N) is 2. The van der Waals surface area contributed by atoms with Crippen LogP contribution in [0.15, 0.2) is 30.5 Å². The van der Waals surface area contributed by atoms with Crippen molar-refractivity contribution in [2.75, 3.05) is 0 Å². The second-order valence-corrected chi connectivity index (χ2v) is 8.88. The van der Waals surface area contributed by atoms with Crippen LogP contribution in [-0.4, -0.2) is 21.2 Å². The molecule has 1 aromatic heterocycles. The highest BCUT2D eigenvalue weighted by Gasteiger charge is 2.34. The van der Waals surface area contributed by atoms with E-state index in [0.29, 0.717) is 0 Å². The van der Waals surface area contributed by atoms with Gasteiger partial charge in [-0.25, -0.2) is 9.97 Å². The molecule has 0 radical (unpaired) electrons. The summed E-state index contributed by atoms with van der Waals surface area (Å²) < 4.78 is 0. The van der Waals surface area contributed by atoms with Gasteiger partial charge in [0.05, 0.1) is 11.5 Å². The number of aliphatic hydroxyl groups excluding tert-OH is 1. The quantitative estimate of drug-likeness (QED) is 0.698. The fourth-order valence-corrected chi connectivity index (χ4v) is 3.67. The molecule has 0 saturated carbocycles. The zero-order valence-corrected chi connectivity index (χ0v) is 18.1. The number of benzene rings is 1. The largest absolute Gasteiger partial charge is 0.393 e. The molecule has 0 saturated heterocycles. The van der Waals surface area contributed by atoms with Crippen molar-refractivity contribution in [1.82, 2.24) is 9.97 Å². The Balaban J connectivity index is 2.31. The van der Waals surface area contributed by atoms with Gasteiger partial charge in [0.2, 0.25) is 0 Å². The maximum absolute atomic E-state index is 10.3. The van der Waals surface area contributed by atoms with Gasteiger partial charge in [-0.2, -0.15) is 0 Å². The summed E-state index contributed by atoms with van der Waals surface area (Å²) in [5.41, 5.74) is 4.46. The lowest BCUT2D eigenvalue weighted by Gasteiger charge is -2.31. The second kappa shape index (κ2) is 8.52. The molecule has 0 amide bonds. The van der Waals surface area contributed by atoms with Gasteiger partial charge in [-0.3, -0.25) is 0 Å². The maximum Gasteiger partial charge on any atom is 0.139 e. The smallest absolute Gasteiger partial charge is 0.139 e. The molecule has 1 heterocycles. The number of aryl methyl sites for hydroxylation is 3. The van der Waals surface area contributed by atoms with Gasteiger partial charge in [0.25, 0.3) is 0 Å². The Labute approximate surface area is 165 Å². The van der Waals surface area contributed by atoms with Crippen LogP contribution in [0.1, 0.15) is 82.1 Å². The van der Waals surface area contributed by atoms with Crippen LogP contribution >= 0.6 is 0 Å². The van der Waals surface area contributed by atoms with E-state index >= 15 is 0 Å². The van der Waals surface area contributed by atoms with Gasteiger partial charge in [-0.1, -0.05) is 64.4 Å². The van der Waals surface area contributed by atoms with E-state index in [4.69, 9.17) is 9.97 Å². The molecule has 2 aromatic rings. The van der Waals surface area contributed by atoms with E-state index in [1.165, 1.54) is 11.1 Å². The van der Waals surface area contributed by atoms with Crippen LogP contribution in [0.5, 0.6) is 0 Å². The molecule has 1 aromatic carbocycles. The lowest BCUT2D eigenvalue weighted by Crippen LogP contribution is -2.29. The Morgan fingerprint density at radius 2 is 1.59 bits per heavy atom. The Morgan fingerprint density at radius 3 is 2.07 bits per heavy atom. The van der Waals surface area contributed by atoms with Crippen molar-refractivity contribution in [1.29, 1.82) is 0 Å². The minimum Gasteiger partial charge on any atom is -0.393 e. The minimum atomic E-state index is -0.325. The van der Waals surface area contributed by atoms with E-state index in [0.717, 1.165) is 42.8 Å². The summed E-state index contributed by atoms with van der Waals surface area (Å²) in [6.45, 7) is 14.8. The molecule has 1 atom stereocenters. The van der Waals surface area contributed by atoms with E-state index in [2.05, 4.69) is 72.7 Å². The fourth-order valence-electron chi connectivity index (χ4n) is 3.67. The monoisotopic (exact) mass is 368 g/mol. The van der Waals surface area contributed by atoms with Gasteiger partial charge >= 0.3 is 0 Å². The van der Waals surface area contributed by atoms with Gasteiger partial charge in [-0.05, 0) is 56.1 Å². The predicted octanol–water partition coefficient (Wildman–Crippen LogP) is 5.54. The molecule has 0 aliphatic rings. The molecule has 3 nitrogen and oxygen atoms in total. The molecular weight excluding hydrogens is 332 g/mol. The molecule has 0 aliphatic carbocycles. The molecule has 0 spiro atoms. The summed E-state index contributed by atoms with van der Waals surface area (Å²) in [7, 11) is 0. The lowest BCUT2D eigenvalue weighted by atomic mass is 9.74. The molecule has 27 heavy (non-hydrogen) atoms. The van der Waals surface area contributed by atoms with Gasteiger partial charge in [-0.15, -0.1) is 0 Å². The van der Waals surface area contributed by atoms with Crippen molar-refractivity contribution in [2.24, 2.45) is 5.41 Å². The van der Waals surface area contributed by atoms with Crippen LogP contribution in [0.4, 0.5) is 0 Å². The third kappa shape index (κ3) is 4.76. The second-order valence-electron chi connectivity index (χ2n) is 8.88. The summed E-state index contributed by atoms with van der Waals surface area (Å²) in [6.07, 6.45) is 5.12. The van der Waals surface area contributed by atoms with Crippen LogP contribution < -0.4 is 0 Å². The number of hydrogen-bond donors (Lipinski definition) is 1. The molecule has 0 aliphatic heterocycles. The molecule has 3 heteroatoms. The highest BCUT2D eigenvalue weighted by atomic mass is 16.3. The summed E-state index contributed by atoms with van der Waals surface area (Å²) >= 11 is 0. The van der Waals surface area contributed by atoms with Gasteiger partial charge in [0, 0.05) is 11.9 Å². The van der Waals surface area contributed by atoms with Crippen molar-refractivity contribution in [2.45, 2.75) is 85.7 Å². The first-order chi connectivity index (χ1) is 12.6. The molecule has 0 fully saturated rings. The summed E-state index contributed by atoms with van der Waals surface area (Å²) in [5, 5.41) is 10.3. The van der Waals surface area contributed by atoms with Crippen LogP contribution in [0.25, 0.3) is 0 Å². The van der Waals surface area contributed by atoms with E-state index in [1.807, 2.05) is 6.20 Å². The molecule has 148 valence electrons. The average molecular weight is 369 g/mol. The van der Waals surface area contributed by atoms with Crippen LogP contribution in [-0.2, 0) is 11.8 Å². The summed E-state index contributed by atoms with van der Waals surface area (Å²) in [5.74, 6) is 0.911. The molecule has 0 bridgehead atoms. The first kappa shape index (κ1) is 21.6. The average Bonchev–Trinajstić information content (AvgIpc) is 2.62. The van der Waals surface area contributed by atoms with Crippen LogP contribution in [0, 0.1) is 19.3 Å². The third-order valence-electron chi connectivity index (χ3n) is 6.01. The normalized spacial score (nSPS) is 13.6. The fraction of sp³-hybridized carbons (Fsp3) is 0.583. The molecule has 1 unspecified atom stereocenters. The van der Waals surface area contributed by atoms with Gasteiger partial charge < -0.3 is 5.11 Å². The van der Waals surface area contributed by atoms with Crippen molar-refractivity contribution in [3.8, 4) is 0 Å². The Bertz CT molecular complexity index is 740. The van der Waals surface area contributed by atoms with Gasteiger partial charge in [0.15, 0.2) is 0 Å². The topological polar surface area (TPSA) is 46.0 Å². The first-order valence-corrected chi connectivity index (χ1v) is 10.2. The van der Waals surface area contributed by atoms with Gasteiger partial charge in [0.1, 0.15) is 5.82 Å². The maximum atomic E-state index is 10.3. The van der Waals surface area contributed by atoms with E-state index < -0.39 is 0 Å². The van der Waals surface area contributed by atoms with Crippen LogP contribution in [0.2, 0.25) is 0 Å². The lowest BCUT2D eigenvalue weighted by molar-refractivity contribution is 0.0559. The van der Waals surface area contributed by atoms with Crippen molar-refractivity contribution in [3.63, 3.8) is 0 Å². The Kier molecular flexibility index (Phi) is 6.80. The number of rotatable bonds is 7. The standard InChI is InChI=1S/C24H36N2O/c1-8-24(9-2,20-13-10-17(3)11-14-20)22-25-16-19(18(4)26-22)12-15-21(27)23(5,6)7/h10-11,13-14,16,21,27H,8-9,12,15H2,1-7H3. The van der Waals surface area contributed by atoms with E-state index in [-0.39, 0.29) is 16.9 Å². The minimum absolute atomic E-state index is 0.0975. The van der Waals surface area contributed by atoms with Crippen molar-refractivity contribution < 1.29 is 5.11 Å². The summed E-state index contributed by atoms with van der Waals surface area (Å²) in [6, 6.07) is 8.78. The third-order valence-corrected chi connectivity index (χ3v) is 6.01. The first-order valence-electron chi connectivity index (χ1n) is 10.2. The summed E-state index contributed by atoms with van der Waals surface area (Å²) in [4.78, 5) is 9.73. The van der Waals surface area contributed by atoms with Crippen LogP contribution in [0.3, 0.4) is 0 Å². The highest BCUT2D eigenvalue weighted by molar-refractivity contribution is 5.35. The Hall–Kier alpha value is -1.74. The zero-order valence-electron chi connectivity index (χ0n) is 18.1. The van der Waals surface area contributed by atoms with Crippen molar-refractivity contribution in [3.05, 3.63) is 58.7 Å². The van der Waals surface area contributed by atoms with E-state index in [1.54, 1.807) is 0 Å². The molecule has 1 N–H and O–H groups in total. The highest BCUT2D eigenvalue weighted by Crippen LogP contribution is 2.37. The predicted molar refractivity (Wildman–Crippen MR) is 113 cm³/mol. The number of aromatic nitrogens is 2. The Morgan fingerprint density at radius 1 is 1.00 bits per heavy atom. The molecular formula is C24H36N2O. The molecule has 2 rings (SSSR count). The van der Waals surface area contributed by atoms with Crippen molar-refractivity contribution >= 4 is 0 Å². The SMILES string of the molecule is CCC(CC)(c1ccc(C)cc1)c1ncc(CCC(O)C(C)(C)C)c(C)n1. The van der Waals surface area contributed by atoms with E-state index in [9.17, 15) is 5.11 Å². The zero-order chi connectivity index (χ0) is 20.2.